The van der Waals surface area contributed by atoms with Gasteiger partial charge in [0.15, 0.2) is 6.23 Å². The molecule has 0 spiro atoms. The van der Waals surface area contributed by atoms with Crippen molar-refractivity contribution < 1.29 is 33.8 Å². The maximum Gasteiger partial charge on any atom is 0.469 e. The molecule has 12 heteroatoms. The maximum absolute atomic E-state index is 12.8. The number of phosphoric ester groups is 1. The van der Waals surface area contributed by atoms with Gasteiger partial charge in [0.2, 0.25) is 0 Å². The normalized spacial score (nSPS) is 24.7. The number of nitrogens with zero attached hydrogens (tertiary/aromatic N) is 2. The number of rotatable bonds is 7. The van der Waals surface area contributed by atoms with Gasteiger partial charge in [-0.3, -0.25) is 18.5 Å². The van der Waals surface area contributed by atoms with Crippen LogP contribution in [0.5, 0.6) is 0 Å². The first-order valence-corrected chi connectivity index (χ1v) is 10.3. The number of phosphoric acid groups is 1. The lowest BCUT2D eigenvalue weighted by Gasteiger charge is -2.18. The van der Waals surface area contributed by atoms with Crippen LogP contribution in [0.4, 0.5) is 0 Å². The molecule has 1 saturated heterocycles. The van der Waals surface area contributed by atoms with Crippen LogP contribution >= 0.6 is 7.82 Å². The second kappa shape index (κ2) is 8.72. The summed E-state index contributed by atoms with van der Waals surface area (Å²) >= 11 is 0. The maximum atomic E-state index is 12.8. The van der Waals surface area contributed by atoms with E-state index in [1.54, 1.807) is 0 Å². The minimum atomic E-state index is -4.81. The zero-order valence-corrected chi connectivity index (χ0v) is 16.0. The zero-order chi connectivity index (χ0) is 21.2. The Morgan fingerprint density at radius 1 is 1.07 bits per heavy atom. The van der Waals surface area contributed by atoms with Crippen molar-refractivity contribution in [2.45, 2.75) is 37.5 Å². The van der Waals surface area contributed by atoms with Gasteiger partial charge in [-0.15, -0.1) is 0 Å². The third kappa shape index (κ3) is 5.09. The molecule has 4 atom stereocenters. The first kappa shape index (κ1) is 21.6. The quantitative estimate of drug-likeness (QED) is 0.405. The average molecular weight is 428 g/mol. The summed E-state index contributed by atoms with van der Waals surface area (Å²) in [6.45, 7) is -0.597. The van der Waals surface area contributed by atoms with E-state index >= 15 is 0 Å². The highest BCUT2D eigenvalue weighted by Gasteiger charge is 2.45. The number of hydrogen-bond donors (Lipinski definition) is 4. The smallest absolute Gasteiger partial charge is 0.387 e. The van der Waals surface area contributed by atoms with E-state index in [0.29, 0.717) is 6.42 Å². The van der Waals surface area contributed by atoms with Crippen LogP contribution in [-0.4, -0.2) is 54.1 Å². The lowest BCUT2D eigenvalue weighted by molar-refractivity contribution is -0.0548. The molecule has 0 bridgehead atoms. The van der Waals surface area contributed by atoms with Crippen molar-refractivity contribution in [3.05, 3.63) is 69.0 Å². The van der Waals surface area contributed by atoms with Crippen molar-refractivity contribution in [1.29, 1.82) is 0 Å². The van der Waals surface area contributed by atoms with Crippen molar-refractivity contribution >= 4 is 7.82 Å². The Kier molecular flexibility index (Phi) is 6.49. The van der Waals surface area contributed by atoms with Crippen molar-refractivity contribution in [3.63, 3.8) is 0 Å². The number of hydrogen-bond acceptors (Lipinski definition) is 7. The summed E-state index contributed by atoms with van der Waals surface area (Å²) in [5, 5.41) is 20.3. The minimum Gasteiger partial charge on any atom is -0.387 e. The van der Waals surface area contributed by atoms with Gasteiger partial charge in [-0.2, -0.15) is 0 Å². The molecular formula is C17H21N2O9P. The number of ether oxygens (including phenoxy) is 1. The molecule has 0 amide bonds. The van der Waals surface area contributed by atoms with Gasteiger partial charge < -0.3 is 24.7 Å². The fourth-order valence-electron chi connectivity index (χ4n) is 3.08. The third-order valence-electron chi connectivity index (χ3n) is 4.58. The molecule has 158 valence electrons. The van der Waals surface area contributed by atoms with E-state index in [0.717, 1.165) is 27.0 Å². The Morgan fingerprint density at radius 3 is 2.41 bits per heavy atom. The fourth-order valence-corrected chi connectivity index (χ4v) is 3.42. The molecule has 2 aromatic rings. The van der Waals surface area contributed by atoms with Gasteiger partial charge in [0.05, 0.1) is 6.61 Å². The predicted molar refractivity (Wildman–Crippen MR) is 99.0 cm³/mol. The molecule has 3 rings (SSSR count). The number of aliphatic hydroxyl groups is 2. The Hall–Kier alpha value is -2.11. The van der Waals surface area contributed by atoms with Gasteiger partial charge >= 0.3 is 13.5 Å². The summed E-state index contributed by atoms with van der Waals surface area (Å²) in [6, 6.07) is 10.4. The summed E-state index contributed by atoms with van der Waals surface area (Å²) in [7, 11) is -4.81. The molecule has 0 saturated carbocycles. The Morgan fingerprint density at radius 2 is 1.76 bits per heavy atom. The van der Waals surface area contributed by atoms with Crippen LogP contribution in [-0.2, 0) is 26.8 Å². The lowest BCUT2D eigenvalue weighted by Crippen LogP contribution is -2.43. The van der Waals surface area contributed by atoms with Gasteiger partial charge in [0.1, 0.15) is 18.3 Å². The first-order chi connectivity index (χ1) is 13.7. The zero-order valence-electron chi connectivity index (χ0n) is 15.1. The summed E-state index contributed by atoms with van der Waals surface area (Å²) < 4.78 is 22.5. The standard InChI is InChI=1S/C17H21N2O9P/c20-13-7-9-19(17(23)18(13)8-6-11-4-2-1-3-5-11)16-15(22)14(21)12(28-16)10-27-29(24,25)26/h1-5,7,9,12,14-16,21-22H,6,8,10H2,(H2,24,25,26)/t12-,14+,15?,16-/m1/s1. The number of aliphatic hydroxyl groups excluding tert-OH is 2. The van der Waals surface area contributed by atoms with Crippen LogP contribution in [0.2, 0.25) is 0 Å². The fraction of sp³-hybridized carbons (Fsp3) is 0.412. The highest BCUT2D eigenvalue weighted by molar-refractivity contribution is 7.46. The van der Waals surface area contributed by atoms with Crippen LogP contribution in [0, 0.1) is 0 Å². The average Bonchev–Trinajstić information content (AvgIpc) is 2.95. The molecule has 2 heterocycles. The predicted octanol–water partition coefficient (Wildman–Crippen LogP) is -1.02. The first-order valence-electron chi connectivity index (χ1n) is 8.75. The van der Waals surface area contributed by atoms with Crippen LogP contribution in [0.15, 0.2) is 52.2 Å². The van der Waals surface area contributed by atoms with E-state index in [4.69, 9.17) is 14.5 Å². The molecule has 0 radical (unpaired) electrons. The molecule has 1 aliphatic rings. The Labute approximate surface area is 164 Å². The number of aryl methyl sites for hydroxylation is 1. The SMILES string of the molecule is O=c1ccn([C@@H]2O[C@H](COP(=O)(O)O)[C@H](O)C2O)c(=O)n1CCc1ccccc1. The molecule has 1 aromatic carbocycles. The number of benzene rings is 1. The summed E-state index contributed by atoms with van der Waals surface area (Å²) in [4.78, 5) is 42.5. The molecule has 29 heavy (non-hydrogen) atoms. The molecule has 11 nitrogen and oxygen atoms in total. The Bertz CT molecular complexity index is 1000. The Balaban J connectivity index is 1.81. The van der Waals surface area contributed by atoms with E-state index in [-0.39, 0.29) is 6.54 Å². The largest absolute Gasteiger partial charge is 0.469 e. The molecule has 0 aliphatic carbocycles. The van der Waals surface area contributed by atoms with Crippen molar-refractivity contribution in [3.8, 4) is 0 Å². The molecular weight excluding hydrogens is 407 g/mol. The highest BCUT2D eigenvalue weighted by Crippen LogP contribution is 2.38. The summed E-state index contributed by atoms with van der Waals surface area (Å²) in [5.74, 6) is 0. The van der Waals surface area contributed by atoms with Gasteiger partial charge in [0, 0.05) is 18.8 Å². The summed E-state index contributed by atoms with van der Waals surface area (Å²) in [5.41, 5.74) is -0.353. The number of aromatic nitrogens is 2. The monoisotopic (exact) mass is 428 g/mol. The van der Waals surface area contributed by atoms with Gasteiger partial charge in [-0.1, -0.05) is 30.3 Å². The van der Waals surface area contributed by atoms with Crippen LogP contribution < -0.4 is 11.2 Å². The van der Waals surface area contributed by atoms with Crippen LogP contribution in [0.3, 0.4) is 0 Å². The van der Waals surface area contributed by atoms with Crippen molar-refractivity contribution in [2.24, 2.45) is 0 Å². The molecule has 1 fully saturated rings. The second-order valence-electron chi connectivity index (χ2n) is 6.56. The molecule has 4 N–H and O–H groups in total. The topological polar surface area (TPSA) is 160 Å². The van der Waals surface area contributed by atoms with Crippen LogP contribution in [0.25, 0.3) is 0 Å². The lowest BCUT2D eigenvalue weighted by atomic mass is 10.1. The van der Waals surface area contributed by atoms with Crippen molar-refractivity contribution in [1.82, 2.24) is 9.13 Å². The molecule has 1 aromatic heterocycles. The highest BCUT2D eigenvalue weighted by atomic mass is 31.2. The van der Waals surface area contributed by atoms with E-state index in [9.17, 15) is 24.4 Å². The molecule has 1 aliphatic heterocycles. The molecule has 1 unspecified atom stereocenters. The van der Waals surface area contributed by atoms with Crippen LogP contribution in [0.1, 0.15) is 11.8 Å². The van der Waals surface area contributed by atoms with E-state index in [2.05, 4.69) is 4.52 Å². The van der Waals surface area contributed by atoms with Gasteiger partial charge in [-0.05, 0) is 12.0 Å². The van der Waals surface area contributed by atoms with E-state index < -0.39 is 50.2 Å². The van der Waals surface area contributed by atoms with Gasteiger partial charge in [-0.25, -0.2) is 9.36 Å². The van der Waals surface area contributed by atoms with E-state index in [1.165, 1.54) is 0 Å². The minimum absolute atomic E-state index is 0.0959. The van der Waals surface area contributed by atoms with Gasteiger partial charge in [0.25, 0.3) is 5.56 Å². The summed E-state index contributed by atoms with van der Waals surface area (Å²) in [6.07, 6.45) is -4.20. The van der Waals surface area contributed by atoms with Crippen molar-refractivity contribution in [2.75, 3.05) is 6.61 Å². The second-order valence-corrected chi connectivity index (χ2v) is 7.80. The van der Waals surface area contributed by atoms with E-state index in [1.807, 2.05) is 30.3 Å². The third-order valence-corrected chi connectivity index (χ3v) is 5.07.